The van der Waals surface area contributed by atoms with E-state index in [-0.39, 0.29) is 0 Å². The third-order valence-electron chi connectivity index (χ3n) is 6.59. The smallest absolute Gasteiger partial charge is 0.236 e. The highest BCUT2D eigenvalue weighted by molar-refractivity contribution is 5.78. The minimum Gasteiger partial charge on any atom is -0.341 e. The maximum atomic E-state index is 12.8. The molecule has 0 aromatic carbocycles. The van der Waals surface area contributed by atoms with E-state index in [9.17, 15) is 4.79 Å². The molecule has 0 unspecified atom stereocenters. The maximum Gasteiger partial charge on any atom is 0.236 e. The first-order chi connectivity index (χ1) is 12.8. The van der Waals surface area contributed by atoms with Gasteiger partial charge in [-0.15, -0.1) is 0 Å². The lowest BCUT2D eigenvalue weighted by atomic mass is 10.00. The number of carbonyl (C=O) groups is 1. The Labute approximate surface area is 160 Å². The summed E-state index contributed by atoms with van der Waals surface area (Å²) in [5.41, 5.74) is 0. The second-order valence-electron chi connectivity index (χ2n) is 8.53. The molecule has 26 heavy (non-hydrogen) atoms. The van der Waals surface area contributed by atoms with Crippen molar-refractivity contribution in [3.05, 3.63) is 0 Å². The highest BCUT2D eigenvalue weighted by atomic mass is 16.2. The van der Waals surface area contributed by atoms with Gasteiger partial charge in [-0.05, 0) is 71.2 Å². The second kappa shape index (κ2) is 10.6. The maximum absolute atomic E-state index is 12.8. The summed E-state index contributed by atoms with van der Waals surface area (Å²) < 4.78 is 0. The zero-order chi connectivity index (χ0) is 18.2. The quantitative estimate of drug-likeness (QED) is 0.723. The van der Waals surface area contributed by atoms with Crippen LogP contribution in [0.2, 0.25) is 0 Å². The molecule has 0 aromatic rings. The molecule has 3 aliphatic rings. The molecule has 5 nitrogen and oxygen atoms in total. The molecule has 5 heteroatoms. The first kappa shape index (κ1) is 20.1. The van der Waals surface area contributed by atoms with Crippen LogP contribution in [0.15, 0.2) is 0 Å². The summed E-state index contributed by atoms with van der Waals surface area (Å²) in [6.07, 6.45) is 10.3. The average Bonchev–Trinajstić information content (AvgIpc) is 2.92. The van der Waals surface area contributed by atoms with E-state index in [0.717, 1.165) is 38.8 Å². The molecule has 0 bridgehead atoms. The summed E-state index contributed by atoms with van der Waals surface area (Å²) in [4.78, 5) is 22.6. The van der Waals surface area contributed by atoms with Crippen molar-refractivity contribution in [2.24, 2.45) is 0 Å². The van der Waals surface area contributed by atoms with E-state index < -0.39 is 0 Å². The Bertz CT molecular complexity index is 416. The van der Waals surface area contributed by atoms with Gasteiger partial charge >= 0.3 is 0 Å². The van der Waals surface area contributed by atoms with Gasteiger partial charge in [0.05, 0.1) is 6.54 Å². The highest BCUT2D eigenvalue weighted by Gasteiger charge is 2.28. The summed E-state index contributed by atoms with van der Waals surface area (Å²) in [6.45, 7) is 13.1. The summed E-state index contributed by atoms with van der Waals surface area (Å²) in [6, 6.07) is 0.727. The number of unbranched alkanes of at least 4 members (excludes halogenated alkanes) is 1. The van der Waals surface area contributed by atoms with E-state index in [1.165, 1.54) is 77.5 Å². The van der Waals surface area contributed by atoms with Crippen molar-refractivity contribution >= 4 is 5.91 Å². The number of amides is 1. The molecule has 1 amide bonds. The molecule has 3 fully saturated rings. The molecule has 150 valence electrons. The molecule has 0 atom stereocenters. The van der Waals surface area contributed by atoms with Crippen LogP contribution in [0.1, 0.15) is 58.3 Å². The molecule has 0 N–H and O–H groups in total. The fourth-order valence-corrected chi connectivity index (χ4v) is 4.84. The van der Waals surface area contributed by atoms with Gasteiger partial charge in [-0.25, -0.2) is 0 Å². The van der Waals surface area contributed by atoms with E-state index in [1.807, 2.05) is 0 Å². The molecular weight excluding hydrogens is 324 g/mol. The summed E-state index contributed by atoms with van der Waals surface area (Å²) in [7, 11) is 0. The van der Waals surface area contributed by atoms with Crippen LogP contribution >= 0.6 is 0 Å². The Balaban J connectivity index is 1.37. The summed E-state index contributed by atoms with van der Waals surface area (Å²) >= 11 is 0. The molecule has 3 rings (SSSR count). The zero-order valence-electron chi connectivity index (χ0n) is 17.0. The van der Waals surface area contributed by atoms with Crippen LogP contribution < -0.4 is 0 Å². The van der Waals surface area contributed by atoms with E-state index in [4.69, 9.17) is 0 Å². The number of hydrogen-bond donors (Lipinski definition) is 0. The molecule has 3 heterocycles. The van der Waals surface area contributed by atoms with Gasteiger partial charge in [0.15, 0.2) is 0 Å². The van der Waals surface area contributed by atoms with Crippen LogP contribution in [0.25, 0.3) is 0 Å². The Hall–Kier alpha value is -0.650. The number of carbonyl (C=O) groups excluding carboxylic acids is 1. The molecule has 0 aromatic heterocycles. The zero-order valence-corrected chi connectivity index (χ0v) is 17.0. The van der Waals surface area contributed by atoms with Crippen molar-refractivity contribution in [1.29, 1.82) is 0 Å². The van der Waals surface area contributed by atoms with Crippen molar-refractivity contribution < 1.29 is 4.79 Å². The highest BCUT2D eigenvalue weighted by Crippen LogP contribution is 2.21. The monoisotopic (exact) mass is 364 g/mol. The first-order valence-corrected chi connectivity index (χ1v) is 11.2. The van der Waals surface area contributed by atoms with Crippen molar-refractivity contribution in [3.8, 4) is 0 Å². The van der Waals surface area contributed by atoms with Crippen LogP contribution in [-0.4, -0.2) is 97.0 Å². The van der Waals surface area contributed by atoms with Gasteiger partial charge in [0.25, 0.3) is 0 Å². The lowest BCUT2D eigenvalue weighted by molar-refractivity contribution is -0.134. The Morgan fingerprint density at radius 2 is 1.50 bits per heavy atom. The number of nitrogens with zero attached hydrogens (tertiary/aromatic N) is 4. The molecule has 3 saturated heterocycles. The predicted molar refractivity (Wildman–Crippen MR) is 107 cm³/mol. The largest absolute Gasteiger partial charge is 0.341 e. The fourth-order valence-electron chi connectivity index (χ4n) is 4.84. The van der Waals surface area contributed by atoms with Crippen molar-refractivity contribution in [3.63, 3.8) is 0 Å². The van der Waals surface area contributed by atoms with Gasteiger partial charge in [-0.3, -0.25) is 9.69 Å². The number of rotatable bonds is 6. The standard InChI is InChI=1S/C21H40N4O/c1-2-3-10-22-11-7-12-23(18-17-22)19-21(26)25-15-8-20(9-16-25)24-13-5-4-6-14-24/h20H,2-19H2,1H3. The van der Waals surface area contributed by atoms with Crippen molar-refractivity contribution in [2.75, 3.05) is 65.4 Å². The van der Waals surface area contributed by atoms with Gasteiger partial charge in [-0.1, -0.05) is 19.8 Å². The first-order valence-electron chi connectivity index (χ1n) is 11.2. The minimum absolute atomic E-state index is 0.365. The normalized spacial score (nSPS) is 25.3. The SMILES string of the molecule is CCCCN1CCCN(CC(=O)N2CCC(N3CCCCC3)CC2)CC1. The van der Waals surface area contributed by atoms with Crippen LogP contribution in [0.4, 0.5) is 0 Å². The topological polar surface area (TPSA) is 30.0 Å². The van der Waals surface area contributed by atoms with Gasteiger partial charge in [0, 0.05) is 32.2 Å². The number of likely N-dealkylation sites (tertiary alicyclic amines) is 2. The average molecular weight is 365 g/mol. The fraction of sp³-hybridized carbons (Fsp3) is 0.952. The van der Waals surface area contributed by atoms with Crippen LogP contribution in [-0.2, 0) is 4.79 Å². The molecule has 3 aliphatic heterocycles. The van der Waals surface area contributed by atoms with E-state index in [2.05, 4.69) is 26.5 Å². The van der Waals surface area contributed by atoms with Gasteiger partial charge in [0.2, 0.25) is 5.91 Å². The van der Waals surface area contributed by atoms with Crippen molar-refractivity contribution in [2.45, 2.75) is 64.3 Å². The summed E-state index contributed by atoms with van der Waals surface area (Å²) in [5, 5.41) is 0. The van der Waals surface area contributed by atoms with Crippen LogP contribution in [0.5, 0.6) is 0 Å². The Morgan fingerprint density at radius 1 is 0.808 bits per heavy atom. The molecule has 0 radical (unpaired) electrons. The number of piperidine rings is 2. The van der Waals surface area contributed by atoms with Crippen molar-refractivity contribution in [1.82, 2.24) is 19.6 Å². The molecule has 0 spiro atoms. The van der Waals surface area contributed by atoms with Gasteiger partial charge < -0.3 is 14.7 Å². The Morgan fingerprint density at radius 3 is 2.23 bits per heavy atom. The lowest BCUT2D eigenvalue weighted by Gasteiger charge is -2.40. The van der Waals surface area contributed by atoms with E-state index in [0.29, 0.717) is 12.5 Å². The molecule has 0 saturated carbocycles. The van der Waals surface area contributed by atoms with Crippen LogP contribution in [0.3, 0.4) is 0 Å². The summed E-state index contributed by atoms with van der Waals surface area (Å²) in [5.74, 6) is 0.365. The minimum atomic E-state index is 0.365. The second-order valence-corrected chi connectivity index (χ2v) is 8.53. The molecule has 0 aliphatic carbocycles. The lowest BCUT2D eigenvalue weighted by Crippen LogP contribution is -2.50. The third kappa shape index (κ3) is 5.93. The predicted octanol–water partition coefficient (Wildman–Crippen LogP) is 2.27. The Kier molecular flexibility index (Phi) is 8.21. The van der Waals surface area contributed by atoms with Gasteiger partial charge in [-0.2, -0.15) is 0 Å². The van der Waals surface area contributed by atoms with E-state index >= 15 is 0 Å². The van der Waals surface area contributed by atoms with Gasteiger partial charge in [0.1, 0.15) is 0 Å². The van der Waals surface area contributed by atoms with Crippen LogP contribution in [0, 0.1) is 0 Å². The number of hydrogen-bond acceptors (Lipinski definition) is 4. The molecular formula is C21H40N4O. The third-order valence-corrected chi connectivity index (χ3v) is 6.59. The van der Waals surface area contributed by atoms with E-state index in [1.54, 1.807) is 0 Å².